The summed E-state index contributed by atoms with van der Waals surface area (Å²) in [5.41, 5.74) is 1.05. The molecule has 0 spiro atoms. The van der Waals surface area contributed by atoms with E-state index in [1.54, 1.807) is 6.07 Å². The van der Waals surface area contributed by atoms with Crippen LogP contribution in [0.3, 0.4) is 0 Å². The van der Waals surface area contributed by atoms with Crippen molar-refractivity contribution >= 4 is 15.9 Å². The minimum atomic E-state index is -0.171. The zero-order valence-corrected chi connectivity index (χ0v) is 9.48. The molecule has 1 nitrogen and oxygen atoms in total. The Morgan fingerprint density at radius 1 is 1.36 bits per heavy atom. The molecule has 76 valence electrons. The highest BCUT2D eigenvalue weighted by atomic mass is 79.9. The highest BCUT2D eigenvalue weighted by molar-refractivity contribution is 9.10. The van der Waals surface area contributed by atoms with Gasteiger partial charge in [0.15, 0.2) is 0 Å². The molecule has 1 aliphatic rings. The predicted octanol–water partition coefficient (Wildman–Crippen LogP) is 3.40. The Labute approximate surface area is 91.8 Å². The molecule has 2 rings (SSSR count). The first-order valence-corrected chi connectivity index (χ1v) is 5.75. The molecule has 1 fully saturated rings. The summed E-state index contributed by atoms with van der Waals surface area (Å²) in [4.78, 5) is 0. The fourth-order valence-electron chi connectivity index (χ4n) is 1.91. The minimum absolute atomic E-state index is 0.171. The molecule has 1 saturated heterocycles. The van der Waals surface area contributed by atoms with E-state index in [2.05, 4.69) is 21.2 Å². The highest BCUT2D eigenvalue weighted by Gasteiger charge is 2.18. The maximum absolute atomic E-state index is 13.3. The van der Waals surface area contributed by atoms with Crippen molar-refractivity contribution in [1.82, 2.24) is 5.32 Å². The van der Waals surface area contributed by atoms with Crippen molar-refractivity contribution in [3.05, 3.63) is 34.1 Å². The molecule has 1 aromatic carbocycles. The normalized spacial score (nSPS) is 22.3. The maximum Gasteiger partial charge on any atom is 0.137 e. The largest absolute Gasteiger partial charge is 0.310 e. The fraction of sp³-hybridized carbons (Fsp3) is 0.455. The summed E-state index contributed by atoms with van der Waals surface area (Å²) in [5.74, 6) is -0.171. The smallest absolute Gasteiger partial charge is 0.137 e. The average Bonchev–Trinajstić information content (AvgIpc) is 2.23. The summed E-state index contributed by atoms with van der Waals surface area (Å²) in [7, 11) is 0. The molecule has 1 atom stereocenters. The molecule has 3 heteroatoms. The van der Waals surface area contributed by atoms with Crippen LogP contribution in [0.4, 0.5) is 4.39 Å². The lowest BCUT2D eigenvalue weighted by atomic mass is 9.97. The molecular weight excluding hydrogens is 245 g/mol. The summed E-state index contributed by atoms with van der Waals surface area (Å²) in [6.45, 7) is 1.04. The first-order chi connectivity index (χ1) is 6.79. The Bertz CT molecular complexity index is 321. The molecule has 14 heavy (non-hydrogen) atoms. The standard InChI is InChI=1S/C11H13BrFN/c12-11-8(4-3-5-9(11)13)10-6-1-2-7-14-10/h3-5,10,14H,1-2,6-7H2/t10-/m0/s1. The van der Waals surface area contributed by atoms with E-state index < -0.39 is 0 Å². The first kappa shape index (κ1) is 10.1. The van der Waals surface area contributed by atoms with Gasteiger partial charge in [-0.15, -0.1) is 0 Å². The Morgan fingerprint density at radius 3 is 2.93 bits per heavy atom. The molecule has 0 bridgehead atoms. The molecule has 0 radical (unpaired) electrons. The predicted molar refractivity (Wildman–Crippen MR) is 58.7 cm³/mol. The highest BCUT2D eigenvalue weighted by Crippen LogP contribution is 2.30. The zero-order chi connectivity index (χ0) is 9.97. The molecule has 1 aliphatic heterocycles. The molecule has 1 N–H and O–H groups in total. The van der Waals surface area contributed by atoms with Gasteiger partial charge in [-0.1, -0.05) is 18.6 Å². The number of piperidine rings is 1. The number of hydrogen-bond donors (Lipinski definition) is 1. The van der Waals surface area contributed by atoms with E-state index in [1.807, 2.05) is 6.07 Å². The van der Waals surface area contributed by atoms with Gasteiger partial charge in [0.2, 0.25) is 0 Å². The van der Waals surface area contributed by atoms with Gasteiger partial charge in [0, 0.05) is 6.04 Å². The summed E-state index contributed by atoms with van der Waals surface area (Å²) in [6, 6.07) is 5.55. The van der Waals surface area contributed by atoms with Gasteiger partial charge in [0.1, 0.15) is 5.82 Å². The summed E-state index contributed by atoms with van der Waals surface area (Å²) in [6.07, 6.45) is 3.55. The molecule has 0 saturated carbocycles. The fourth-order valence-corrected chi connectivity index (χ4v) is 2.45. The van der Waals surface area contributed by atoms with E-state index in [0.29, 0.717) is 10.5 Å². The van der Waals surface area contributed by atoms with Crippen LogP contribution in [0.1, 0.15) is 30.9 Å². The van der Waals surface area contributed by atoms with Crippen LogP contribution in [0.25, 0.3) is 0 Å². The van der Waals surface area contributed by atoms with Crippen LogP contribution in [-0.2, 0) is 0 Å². The number of benzene rings is 1. The van der Waals surface area contributed by atoms with Crippen molar-refractivity contribution in [2.75, 3.05) is 6.54 Å². The number of hydrogen-bond acceptors (Lipinski definition) is 1. The maximum atomic E-state index is 13.3. The molecular formula is C11H13BrFN. The van der Waals surface area contributed by atoms with Crippen molar-refractivity contribution in [2.24, 2.45) is 0 Å². The Kier molecular flexibility index (Phi) is 3.19. The topological polar surface area (TPSA) is 12.0 Å². The third-order valence-corrected chi connectivity index (χ3v) is 3.50. The molecule has 0 unspecified atom stereocenters. The van der Waals surface area contributed by atoms with Crippen LogP contribution in [0.5, 0.6) is 0 Å². The van der Waals surface area contributed by atoms with Gasteiger partial charge >= 0.3 is 0 Å². The van der Waals surface area contributed by atoms with Gasteiger partial charge in [-0.05, 0) is 46.9 Å². The lowest BCUT2D eigenvalue weighted by molar-refractivity contribution is 0.409. The van der Waals surface area contributed by atoms with Crippen molar-refractivity contribution in [2.45, 2.75) is 25.3 Å². The van der Waals surface area contributed by atoms with Crippen molar-refractivity contribution in [1.29, 1.82) is 0 Å². The molecule has 0 amide bonds. The van der Waals surface area contributed by atoms with Gasteiger partial charge in [-0.2, -0.15) is 0 Å². The average molecular weight is 258 g/mol. The van der Waals surface area contributed by atoms with Crippen LogP contribution < -0.4 is 5.32 Å². The summed E-state index contributed by atoms with van der Waals surface area (Å²) in [5, 5.41) is 3.41. The second-order valence-corrected chi connectivity index (χ2v) is 4.44. The number of halogens is 2. The Hall–Kier alpha value is -0.410. The zero-order valence-electron chi connectivity index (χ0n) is 7.89. The second kappa shape index (κ2) is 4.41. The first-order valence-electron chi connectivity index (χ1n) is 4.96. The molecule has 0 aliphatic carbocycles. The number of nitrogens with one attached hydrogen (secondary N) is 1. The van der Waals surface area contributed by atoms with E-state index in [-0.39, 0.29) is 5.82 Å². The van der Waals surface area contributed by atoms with Crippen molar-refractivity contribution in [3.8, 4) is 0 Å². The monoisotopic (exact) mass is 257 g/mol. The van der Waals surface area contributed by atoms with Crippen LogP contribution in [0, 0.1) is 5.82 Å². The van der Waals surface area contributed by atoms with Crippen LogP contribution in [-0.4, -0.2) is 6.54 Å². The van der Waals surface area contributed by atoms with Crippen LogP contribution in [0.2, 0.25) is 0 Å². The Morgan fingerprint density at radius 2 is 2.21 bits per heavy atom. The molecule has 1 aromatic rings. The lowest BCUT2D eigenvalue weighted by Gasteiger charge is -2.24. The quantitative estimate of drug-likeness (QED) is 0.814. The van der Waals surface area contributed by atoms with E-state index in [9.17, 15) is 4.39 Å². The van der Waals surface area contributed by atoms with E-state index in [0.717, 1.165) is 18.5 Å². The van der Waals surface area contributed by atoms with E-state index in [4.69, 9.17) is 0 Å². The lowest BCUT2D eigenvalue weighted by Crippen LogP contribution is -2.27. The van der Waals surface area contributed by atoms with Gasteiger partial charge in [0.05, 0.1) is 4.47 Å². The third kappa shape index (κ3) is 1.98. The molecule has 0 aromatic heterocycles. The molecule has 1 heterocycles. The third-order valence-electron chi connectivity index (χ3n) is 2.67. The second-order valence-electron chi connectivity index (χ2n) is 3.65. The summed E-state index contributed by atoms with van der Waals surface area (Å²) < 4.78 is 13.9. The van der Waals surface area contributed by atoms with Gasteiger partial charge < -0.3 is 5.32 Å². The van der Waals surface area contributed by atoms with Crippen molar-refractivity contribution < 1.29 is 4.39 Å². The van der Waals surface area contributed by atoms with Crippen LogP contribution >= 0.6 is 15.9 Å². The van der Waals surface area contributed by atoms with Crippen LogP contribution in [0.15, 0.2) is 22.7 Å². The van der Waals surface area contributed by atoms with E-state index >= 15 is 0 Å². The Balaban J connectivity index is 2.26. The summed E-state index contributed by atoms with van der Waals surface area (Å²) >= 11 is 3.30. The van der Waals surface area contributed by atoms with Gasteiger partial charge in [-0.25, -0.2) is 4.39 Å². The van der Waals surface area contributed by atoms with Crippen molar-refractivity contribution in [3.63, 3.8) is 0 Å². The van der Waals surface area contributed by atoms with Gasteiger partial charge in [0.25, 0.3) is 0 Å². The SMILES string of the molecule is Fc1cccc([C@@H]2CCCCN2)c1Br. The van der Waals surface area contributed by atoms with Gasteiger partial charge in [-0.3, -0.25) is 0 Å². The number of rotatable bonds is 1. The minimum Gasteiger partial charge on any atom is -0.310 e. The van der Waals surface area contributed by atoms with E-state index in [1.165, 1.54) is 18.9 Å².